The average molecular weight is 573 g/mol. The number of carboxylic acids is 1. The zero-order valence-corrected chi connectivity index (χ0v) is 24.9. The summed E-state index contributed by atoms with van der Waals surface area (Å²) in [5, 5.41) is 23.2. The van der Waals surface area contributed by atoms with Crippen LogP contribution in [-0.2, 0) is 14.3 Å². The van der Waals surface area contributed by atoms with Gasteiger partial charge in [-0.25, -0.2) is 9.59 Å². The maximum absolute atomic E-state index is 13.8. The number of ether oxygens (including phenoxy) is 4. The van der Waals surface area contributed by atoms with E-state index in [4.69, 9.17) is 18.9 Å². The van der Waals surface area contributed by atoms with Crippen LogP contribution < -0.4 is 14.8 Å². The lowest BCUT2D eigenvalue weighted by atomic mass is 9.74. The van der Waals surface area contributed by atoms with E-state index in [-0.39, 0.29) is 38.2 Å². The topological polar surface area (TPSA) is 127 Å². The predicted molar refractivity (Wildman–Crippen MR) is 154 cm³/mol. The van der Waals surface area contributed by atoms with Crippen LogP contribution in [0.5, 0.6) is 11.5 Å². The zero-order valence-electron chi connectivity index (χ0n) is 24.9. The van der Waals surface area contributed by atoms with Crippen LogP contribution in [0.2, 0.25) is 0 Å². The molecule has 1 unspecified atom stereocenters. The van der Waals surface area contributed by atoms with Crippen molar-refractivity contribution in [2.24, 2.45) is 0 Å². The van der Waals surface area contributed by atoms with Gasteiger partial charge in [-0.05, 0) is 57.9 Å². The molecule has 2 aromatic carbocycles. The van der Waals surface area contributed by atoms with Crippen LogP contribution in [-0.4, -0.2) is 72.2 Å². The minimum absolute atomic E-state index is 0.181. The van der Waals surface area contributed by atoms with Crippen LogP contribution in [0.1, 0.15) is 82.4 Å². The number of hydrogen-bond acceptors (Lipinski definition) is 7. The van der Waals surface area contributed by atoms with Crippen molar-refractivity contribution in [3.8, 4) is 11.5 Å². The smallest absolute Gasteiger partial charge is 0.329 e. The number of carbonyl (C=O) groups is 2. The molecule has 226 valence electrons. The van der Waals surface area contributed by atoms with Crippen LogP contribution >= 0.6 is 0 Å². The van der Waals surface area contributed by atoms with Gasteiger partial charge in [0.25, 0.3) is 0 Å². The third kappa shape index (κ3) is 7.69. The maximum atomic E-state index is 13.8. The third-order valence-corrected chi connectivity index (χ3v) is 7.56. The van der Waals surface area contributed by atoms with Crippen molar-refractivity contribution >= 4 is 12.0 Å². The van der Waals surface area contributed by atoms with Gasteiger partial charge in [-0.15, -0.1) is 0 Å². The number of urea groups is 1. The number of nitrogens with one attached hydrogen (secondary N) is 1. The molecule has 1 fully saturated rings. The molecule has 41 heavy (non-hydrogen) atoms. The molecule has 0 radical (unpaired) electrons. The number of carbonyl (C=O) groups excluding carboxylic acids is 1. The van der Waals surface area contributed by atoms with Gasteiger partial charge in [-0.3, -0.25) is 0 Å². The second-order valence-electron chi connectivity index (χ2n) is 10.3. The first-order valence-corrected chi connectivity index (χ1v) is 14.2. The number of rotatable bonds is 15. The molecule has 0 bridgehead atoms. The number of methoxy groups -OCH3 is 1. The summed E-state index contributed by atoms with van der Waals surface area (Å²) in [6, 6.07) is 12.3. The third-order valence-electron chi connectivity index (χ3n) is 7.56. The van der Waals surface area contributed by atoms with E-state index in [0.29, 0.717) is 35.8 Å². The van der Waals surface area contributed by atoms with E-state index in [1.807, 2.05) is 58.0 Å². The summed E-state index contributed by atoms with van der Waals surface area (Å²) >= 11 is 0. The standard InChI is InChI=1S/C31H44N2O8/c1-7-39-26-16-24(17-27(40-8-2)28(26)21(4)34)20(3)33(14-15-41-22(5)23-12-10-9-11-13-23)30(37)32-31(29(35)36)18-25(19-31)38-6/h9-13,16-17,20-22,25,34H,7-8,14-15,18-19H2,1-6H3,(H,32,37)(H,35,36)/t20-,21?,22+,25-,31+/m1/s1. The average Bonchev–Trinajstić information content (AvgIpc) is 2.92. The van der Waals surface area contributed by atoms with Gasteiger partial charge in [0.1, 0.15) is 17.0 Å². The number of aliphatic hydroxyl groups excluding tert-OH is 1. The Labute approximate surface area is 242 Å². The van der Waals surface area contributed by atoms with E-state index >= 15 is 0 Å². The SMILES string of the molecule is CCOc1cc([C@@H](C)N(CCO[C@@H](C)c2ccccc2)C(=O)N[C@]2(C(=O)O)C[C@H](OC)C2)cc(OCC)c1C(C)O. The van der Waals surface area contributed by atoms with Crippen LogP contribution in [0.4, 0.5) is 4.79 Å². The number of aliphatic carboxylic acids is 1. The monoisotopic (exact) mass is 572 g/mol. The van der Waals surface area contributed by atoms with Crippen LogP contribution in [0.15, 0.2) is 42.5 Å². The zero-order chi connectivity index (χ0) is 30.2. The Morgan fingerprint density at radius 3 is 2.10 bits per heavy atom. The largest absolute Gasteiger partial charge is 0.493 e. The number of amides is 2. The molecule has 3 rings (SSSR count). The van der Waals surface area contributed by atoms with Crippen LogP contribution in [0.25, 0.3) is 0 Å². The number of benzene rings is 2. The Balaban J connectivity index is 1.92. The molecule has 1 aliphatic rings. The highest BCUT2D eigenvalue weighted by molar-refractivity contribution is 5.87. The number of aliphatic hydroxyl groups is 1. The first-order valence-electron chi connectivity index (χ1n) is 14.2. The lowest BCUT2D eigenvalue weighted by molar-refractivity contribution is -0.155. The lowest BCUT2D eigenvalue weighted by Crippen LogP contribution is -2.66. The van der Waals surface area contributed by atoms with E-state index in [0.717, 1.165) is 5.56 Å². The van der Waals surface area contributed by atoms with Crippen LogP contribution in [0, 0.1) is 0 Å². The minimum Gasteiger partial charge on any atom is -0.493 e. The lowest BCUT2D eigenvalue weighted by Gasteiger charge is -2.45. The van der Waals surface area contributed by atoms with Gasteiger partial charge in [-0.2, -0.15) is 0 Å². The number of hydrogen-bond donors (Lipinski definition) is 3. The van der Waals surface area contributed by atoms with Gasteiger partial charge >= 0.3 is 12.0 Å². The van der Waals surface area contributed by atoms with Gasteiger partial charge in [0.2, 0.25) is 0 Å². The van der Waals surface area contributed by atoms with Crippen molar-refractivity contribution in [3.63, 3.8) is 0 Å². The highest BCUT2D eigenvalue weighted by Gasteiger charge is 2.52. The Kier molecular flexibility index (Phi) is 11.4. The molecule has 10 nitrogen and oxygen atoms in total. The van der Waals surface area contributed by atoms with Crippen molar-refractivity contribution in [1.29, 1.82) is 0 Å². The fourth-order valence-corrected chi connectivity index (χ4v) is 5.11. The van der Waals surface area contributed by atoms with Gasteiger partial charge in [-0.1, -0.05) is 30.3 Å². The molecular weight excluding hydrogens is 528 g/mol. The molecule has 0 aromatic heterocycles. The fraction of sp³-hybridized carbons (Fsp3) is 0.548. The fourth-order valence-electron chi connectivity index (χ4n) is 5.11. The van der Waals surface area contributed by atoms with E-state index in [1.54, 1.807) is 24.0 Å². The van der Waals surface area contributed by atoms with Crippen molar-refractivity contribution in [1.82, 2.24) is 10.2 Å². The molecular formula is C31H44N2O8. The van der Waals surface area contributed by atoms with Crippen molar-refractivity contribution < 1.29 is 38.7 Å². The van der Waals surface area contributed by atoms with E-state index in [2.05, 4.69) is 5.32 Å². The highest BCUT2D eigenvalue weighted by atomic mass is 16.5. The minimum atomic E-state index is -1.41. The van der Waals surface area contributed by atoms with Crippen molar-refractivity contribution in [2.45, 2.75) is 77.4 Å². The molecule has 0 spiro atoms. The summed E-state index contributed by atoms with van der Waals surface area (Å²) in [7, 11) is 1.53. The van der Waals surface area contributed by atoms with Gasteiger partial charge < -0.3 is 39.4 Å². The van der Waals surface area contributed by atoms with Crippen LogP contribution in [0.3, 0.4) is 0 Å². The molecule has 1 aliphatic carbocycles. The Morgan fingerprint density at radius 2 is 1.61 bits per heavy atom. The van der Waals surface area contributed by atoms with Gasteiger partial charge in [0, 0.05) is 26.5 Å². The molecule has 3 atom stereocenters. The Bertz CT molecular complexity index is 1120. The summed E-state index contributed by atoms with van der Waals surface area (Å²) in [5.41, 5.74) is 0.848. The second kappa shape index (κ2) is 14.5. The predicted octanol–water partition coefficient (Wildman–Crippen LogP) is 5.02. The summed E-state index contributed by atoms with van der Waals surface area (Å²) in [6.07, 6.45) is -0.906. The Hall–Kier alpha value is -3.34. The second-order valence-corrected chi connectivity index (χ2v) is 10.3. The number of carboxylic acid groups (broad SMARTS) is 1. The molecule has 2 amide bonds. The molecule has 0 heterocycles. The normalized spacial score (nSPS) is 20.3. The summed E-state index contributed by atoms with van der Waals surface area (Å²) < 4.78 is 23.1. The molecule has 0 saturated heterocycles. The first-order chi connectivity index (χ1) is 19.6. The van der Waals surface area contributed by atoms with E-state index < -0.39 is 29.7 Å². The highest BCUT2D eigenvalue weighted by Crippen LogP contribution is 2.39. The van der Waals surface area contributed by atoms with Gasteiger partial charge in [0.05, 0.1) is 49.7 Å². The quantitative estimate of drug-likeness (QED) is 0.272. The maximum Gasteiger partial charge on any atom is 0.329 e. The summed E-state index contributed by atoms with van der Waals surface area (Å²) in [4.78, 5) is 27.5. The molecule has 3 N–H and O–H groups in total. The summed E-state index contributed by atoms with van der Waals surface area (Å²) in [5.74, 6) is -0.165. The molecule has 10 heteroatoms. The summed E-state index contributed by atoms with van der Waals surface area (Å²) in [6.45, 7) is 10.3. The first kappa shape index (κ1) is 32.2. The Morgan fingerprint density at radius 1 is 1.02 bits per heavy atom. The van der Waals surface area contributed by atoms with Crippen molar-refractivity contribution in [3.05, 3.63) is 59.2 Å². The molecule has 0 aliphatic heterocycles. The van der Waals surface area contributed by atoms with E-state index in [9.17, 15) is 19.8 Å². The van der Waals surface area contributed by atoms with Gasteiger partial charge in [0.15, 0.2) is 0 Å². The number of nitrogens with zero attached hydrogens (tertiary/aromatic N) is 1. The molecule has 1 saturated carbocycles. The van der Waals surface area contributed by atoms with E-state index in [1.165, 1.54) is 7.11 Å². The van der Waals surface area contributed by atoms with Crippen molar-refractivity contribution in [2.75, 3.05) is 33.5 Å². The molecule has 2 aromatic rings.